The molecule has 1 unspecified atom stereocenters. The fourth-order valence-corrected chi connectivity index (χ4v) is 2.13. The van der Waals surface area contributed by atoms with Crippen molar-refractivity contribution in [2.45, 2.75) is 25.3 Å². The van der Waals surface area contributed by atoms with Crippen molar-refractivity contribution in [3.05, 3.63) is 39.9 Å². The number of ether oxygens (including phenoxy) is 1. The Morgan fingerprint density at radius 2 is 2.14 bits per heavy atom. The number of non-ortho nitro benzene ring substituents is 1. The van der Waals surface area contributed by atoms with Crippen molar-refractivity contribution in [1.29, 1.82) is 0 Å². The number of hydrogen-bond donors (Lipinski definition) is 2. The minimum absolute atomic E-state index is 0.0416. The Morgan fingerprint density at radius 1 is 1.45 bits per heavy atom. The van der Waals surface area contributed by atoms with E-state index in [0.29, 0.717) is 5.56 Å². The van der Waals surface area contributed by atoms with Crippen molar-refractivity contribution in [2.75, 3.05) is 13.7 Å². The molecule has 0 aliphatic carbocycles. The van der Waals surface area contributed by atoms with Crippen LogP contribution in [0.2, 0.25) is 0 Å². The third-order valence-corrected chi connectivity index (χ3v) is 2.93. The largest absolute Gasteiger partial charge is 0.481 e. The van der Waals surface area contributed by atoms with Gasteiger partial charge in [0.25, 0.3) is 5.69 Å². The Bertz CT molecular complexity index is 574. The summed E-state index contributed by atoms with van der Waals surface area (Å²) in [6.07, 6.45) is -0.373. The minimum Gasteiger partial charge on any atom is -0.481 e. The lowest BCUT2D eigenvalue weighted by molar-refractivity contribution is -0.384. The van der Waals surface area contributed by atoms with E-state index in [0.717, 1.165) is 0 Å². The normalized spacial score (nSPS) is 13.2. The fourth-order valence-electron chi connectivity index (χ4n) is 2.13. The molecule has 8 heteroatoms. The summed E-state index contributed by atoms with van der Waals surface area (Å²) < 4.78 is 4.94. The number of nitro benzene ring substituents is 1. The van der Waals surface area contributed by atoms with Gasteiger partial charge in [-0.2, -0.15) is 0 Å². The number of carbonyl (C=O) groups is 2. The Kier molecular flexibility index (Phi) is 6.00. The number of carbonyl (C=O) groups excluding carboxylic acids is 1. The fraction of sp³-hybridized carbons (Fsp3) is 0.429. The van der Waals surface area contributed by atoms with Gasteiger partial charge in [-0.25, -0.2) is 0 Å². The maximum Gasteiger partial charge on any atom is 0.305 e. The molecular weight excluding hydrogens is 292 g/mol. The van der Waals surface area contributed by atoms with Gasteiger partial charge in [-0.3, -0.25) is 19.7 Å². The summed E-state index contributed by atoms with van der Waals surface area (Å²) >= 11 is 0. The molecule has 1 rings (SSSR count). The lowest BCUT2D eigenvalue weighted by atomic mass is 9.98. The van der Waals surface area contributed by atoms with Crippen LogP contribution in [0.3, 0.4) is 0 Å². The topological polar surface area (TPSA) is 119 Å². The van der Waals surface area contributed by atoms with Crippen LogP contribution in [0.15, 0.2) is 24.3 Å². The number of carboxylic acids is 1. The van der Waals surface area contributed by atoms with Crippen LogP contribution in [-0.4, -0.2) is 41.2 Å². The van der Waals surface area contributed by atoms with Gasteiger partial charge in [0.1, 0.15) is 0 Å². The maximum absolute atomic E-state index is 12.0. The van der Waals surface area contributed by atoms with E-state index in [1.165, 1.54) is 25.3 Å². The maximum atomic E-state index is 12.0. The summed E-state index contributed by atoms with van der Waals surface area (Å²) in [7, 11) is 1.41. The first-order valence-corrected chi connectivity index (χ1v) is 6.51. The van der Waals surface area contributed by atoms with E-state index in [1.807, 2.05) is 0 Å². The first kappa shape index (κ1) is 17.6. The molecule has 1 aromatic carbocycles. The van der Waals surface area contributed by atoms with E-state index in [2.05, 4.69) is 5.32 Å². The Morgan fingerprint density at radius 3 is 2.68 bits per heavy atom. The molecule has 1 atom stereocenters. The summed E-state index contributed by atoms with van der Waals surface area (Å²) in [6.45, 7) is 1.61. The molecule has 2 N–H and O–H groups in total. The monoisotopic (exact) mass is 310 g/mol. The summed E-state index contributed by atoms with van der Waals surface area (Å²) in [6, 6.07) is 5.73. The summed E-state index contributed by atoms with van der Waals surface area (Å²) in [5.41, 5.74) is -0.671. The van der Waals surface area contributed by atoms with Gasteiger partial charge in [0.15, 0.2) is 0 Å². The molecule has 0 radical (unpaired) electrons. The molecule has 8 nitrogen and oxygen atoms in total. The SMILES string of the molecule is COCC(C)(CC(=O)O)NC(=O)Cc1cccc([N+](=O)[O-])c1. The number of rotatable bonds is 8. The molecule has 0 saturated carbocycles. The highest BCUT2D eigenvalue weighted by molar-refractivity contribution is 5.80. The minimum atomic E-state index is -1.06. The zero-order valence-corrected chi connectivity index (χ0v) is 12.4. The number of hydrogen-bond acceptors (Lipinski definition) is 5. The second-order valence-electron chi connectivity index (χ2n) is 5.22. The van der Waals surface area contributed by atoms with Gasteiger partial charge in [-0.1, -0.05) is 12.1 Å². The Hall–Kier alpha value is -2.48. The number of amides is 1. The number of methoxy groups -OCH3 is 1. The van der Waals surface area contributed by atoms with E-state index in [4.69, 9.17) is 9.84 Å². The van der Waals surface area contributed by atoms with Crippen molar-refractivity contribution in [3.8, 4) is 0 Å². The molecule has 22 heavy (non-hydrogen) atoms. The van der Waals surface area contributed by atoms with Crippen LogP contribution < -0.4 is 5.32 Å². The van der Waals surface area contributed by atoms with Gasteiger partial charge in [0, 0.05) is 19.2 Å². The number of nitrogens with one attached hydrogen (secondary N) is 1. The molecule has 1 aromatic rings. The van der Waals surface area contributed by atoms with E-state index in [9.17, 15) is 19.7 Å². The predicted octanol–water partition coefficient (Wildman–Crippen LogP) is 1.13. The molecule has 0 aliphatic rings. The quantitative estimate of drug-likeness (QED) is 0.549. The average Bonchev–Trinajstić information content (AvgIpc) is 2.37. The van der Waals surface area contributed by atoms with Crippen LogP contribution in [0.5, 0.6) is 0 Å². The van der Waals surface area contributed by atoms with Crippen LogP contribution in [0, 0.1) is 10.1 Å². The number of nitrogens with zero attached hydrogens (tertiary/aromatic N) is 1. The van der Waals surface area contributed by atoms with Gasteiger partial charge in [0.2, 0.25) is 5.91 Å². The van der Waals surface area contributed by atoms with E-state index in [1.54, 1.807) is 13.0 Å². The first-order valence-electron chi connectivity index (χ1n) is 6.51. The van der Waals surface area contributed by atoms with Gasteiger partial charge >= 0.3 is 5.97 Å². The van der Waals surface area contributed by atoms with Crippen LogP contribution in [0.4, 0.5) is 5.69 Å². The lowest BCUT2D eigenvalue weighted by Crippen LogP contribution is -2.51. The second kappa shape index (κ2) is 7.51. The first-order chi connectivity index (χ1) is 10.3. The second-order valence-corrected chi connectivity index (χ2v) is 5.22. The van der Waals surface area contributed by atoms with E-state index in [-0.39, 0.29) is 25.1 Å². The van der Waals surface area contributed by atoms with Crippen LogP contribution in [0.25, 0.3) is 0 Å². The van der Waals surface area contributed by atoms with Crippen molar-refractivity contribution >= 4 is 17.6 Å². The summed E-state index contributed by atoms with van der Waals surface area (Å²) in [4.78, 5) is 33.1. The van der Waals surface area contributed by atoms with E-state index >= 15 is 0 Å². The van der Waals surface area contributed by atoms with Gasteiger partial charge < -0.3 is 15.2 Å². The molecule has 120 valence electrons. The third kappa shape index (κ3) is 5.49. The zero-order chi connectivity index (χ0) is 16.8. The van der Waals surface area contributed by atoms with Crippen LogP contribution >= 0.6 is 0 Å². The smallest absolute Gasteiger partial charge is 0.305 e. The lowest BCUT2D eigenvalue weighted by Gasteiger charge is -2.28. The molecule has 0 spiro atoms. The van der Waals surface area contributed by atoms with Gasteiger partial charge in [-0.05, 0) is 12.5 Å². The molecule has 0 heterocycles. The molecule has 0 aromatic heterocycles. The van der Waals surface area contributed by atoms with Crippen molar-refractivity contribution in [3.63, 3.8) is 0 Å². The number of carboxylic acid groups (broad SMARTS) is 1. The number of benzene rings is 1. The predicted molar refractivity (Wildman–Crippen MR) is 77.5 cm³/mol. The molecule has 1 amide bonds. The average molecular weight is 310 g/mol. The highest BCUT2D eigenvalue weighted by atomic mass is 16.6. The number of nitro groups is 1. The van der Waals surface area contributed by atoms with Crippen molar-refractivity contribution < 1.29 is 24.4 Å². The highest BCUT2D eigenvalue weighted by Crippen LogP contribution is 2.15. The molecule has 0 saturated heterocycles. The third-order valence-electron chi connectivity index (χ3n) is 2.93. The van der Waals surface area contributed by atoms with Crippen LogP contribution in [-0.2, 0) is 20.7 Å². The van der Waals surface area contributed by atoms with Crippen LogP contribution in [0.1, 0.15) is 18.9 Å². The Balaban J connectivity index is 2.77. The Labute approximate surface area is 127 Å². The van der Waals surface area contributed by atoms with Crippen molar-refractivity contribution in [1.82, 2.24) is 5.32 Å². The zero-order valence-electron chi connectivity index (χ0n) is 12.4. The standard InChI is InChI=1S/C14H18N2O6/c1-14(9-22-2,8-13(18)19)15-12(17)7-10-4-3-5-11(6-10)16(20)21/h3-6H,7-9H2,1-2H3,(H,15,17)(H,18,19). The molecule has 0 fully saturated rings. The molecular formula is C14H18N2O6. The molecule has 0 bridgehead atoms. The van der Waals surface area contributed by atoms with Gasteiger partial charge in [0.05, 0.1) is 29.9 Å². The number of aliphatic carboxylic acids is 1. The summed E-state index contributed by atoms with van der Waals surface area (Å²) in [5.74, 6) is -1.49. The van der Waals surface area contributed by atoms with Gasteiger partial charge in [-0.15, -0.1) is 0 Å². The highest BCUT2D eigenvalue weighted by Gasteiger charge is 2.29. The van der Waals surface area contributed by atoms with Crippen molar-refractivity contribution in [2.24, 2.45) is 0 Å². The van der Waals surface area contributed by atoms with E-state index < -0.39 is 22.3 Å². The summed E-state index contributed by atoms with van der Waals surface area (Å²) in [5, 5.41) is 22.2. The molecule has 0 aliphatic heterocycles.